The summed E-state index contributed by atoms with van der Waals surface area (Å²) in [4.78, 5) is 23.4. The van der Waals surface area contributed by atoms with Crippen LogP contribution in [0, 0.1) is 5.92 Å². The summed E-state index contributed by atoms with van der Waals surface area (Å²) in [5.41, 5.74) is -0.424. The third-order valence-electron chi connectivity index (χ3n) is 3.08. The second kappa shape index (κ2) is 4.65. The Kier molecular flexibility index (Phi) is 3.24. The first-order chi connectivity index (χ1) is 7.68. The Bertz CT molecular complexity index is 469. The van der Waals surface area contributed by atoms with Gasteiger partial charge in [0.05, 0.1) is 0 Å². The van der Waals surface area contributed by atoms with Crippen molar-refractivity contribution in [2.75, 3.05) is 13.1 Å². The molecule has 1 N–H and O–H groups in total. The highest BCUT2D eigenvalue weighted by Crippen LogP contribution is 2.10. The molecule has 1 unspecified atom stereocenters. The Hall–Kier alpha value is -1.36. The molecule has 16 heavy (non-hydrogen) atoms. The summed E-state index contributed by atoms with van der Waals surface area (Å²) in [6, 6.07) is 1.44. The second-order valence-corrected chi connectivity index (χ2v) is 4.37. The zero-order valence-electron chi connectivity index (χ0n) is 9.48. The molecule has 88 valence electrons. The Balaban J connectivity index is 2.23. The lowest BCUT2D eigenvalue weighted by Gasteiger charge is -2.23. The zero-order valence-corrected chi connectivity index (χ0v) is 9.48. The molecule has 2 heterocycles. The summed E-state index contributed by atoms with van der Waals surface area (Å²) >= 11 is 0. The monoisotopic (exact) mass is 223 g/mol. The van der Waals surface area contributed by atoms with E-state index in [1.54, 1.807) is 7.05 Å². The topological polar surface area (TPSA) is 56.0 Å². The molecule has 5 nitrogen and oxygen atoms in total. The number of hydrogen-bond donors (Lipinski definition) is 1. The van der Waals surface area contributed by atoms with Crippen LogP contribution in [0.5, 0.6) is 0 Å². The number of aryl methyl sites for hydroxylation is 1. The molecule has 0 spiro atoms. The van der Waals surface area contributed by atoms with Crippen molar-refractivity contribution in [3.8, 4) is 0 Å². The molecule has 1 aromatic heterocycles. The van der Waals surface area contributed by atoms with E-state index in [9.17, 15) is 9.59 Å². The summed E-state index contributed by atoms with van der Waals surface area (Å²) in [6.07, 6.45) is 3.71. The van der Waals surface area contributed by atoms with E-state index in [-0.39, 0.29) is 11.2 Å². The highest BCUT2D eigenvalue weighted by Gasteiger charge is 2.15. The maximum Gasteiger partial charge on any atom is 0.330 e. The van der Waals surface area contributed by atoms with E-state index >= 15 is 0 Å². The molecule has 0 aliphatic carbocycles. The van der Waals surface area contributed by atoms with Gasteiger partial charge in [-0.1, -0.05) is 0 Å². The van der Waals surface area contributed by atoms with Gasteiger partial charge in [-0.05, 0) is 31.8 Å². The summed E-state index contributed by atoms with van der Waals surface area (Å²) in [5, 5.41) is 3.28. The SMILES string of the molecule is Cn1ccc(=O)n(CC2CCCNC2)c1=O. The maximum absolute atomic E-state index is 11.8. The van der Waals surface area contributed by atoms with Gasteiger partial charge in [0.15, 0.2) is 0 Å². The molecule has 0 amide bonds. The van der Waals surface area contributed by atoms with Gasteiger partial charge in [0, 0.05) is 25.9 Å². The molecule has 1 saturated heterocycles. The van der Waals surface area contributed by atoms with Crippen LogP contribution in [-0.2, 0) is 13.6 Å². The van der Waals surface area contributed by atoms with Gasteiger partial charge in [-0.15, -0.1) is 0 Å². The predicted octanol–water partition coefficient (Wildman–Crippen LogP) is -0.453. The fraction of sp³-hybridized carbons (Fsp3) is 0.636. The van der Waals surface area contributed by atoms with Crippen molar-refractivity contribution in [2.45, 2.75) is 19.4 Å². The highest BCUT2D eigenvalue weighted by atomic mass is 16.2. The molecule has 0 bridgehead atoms. The molecule has 1 fully saturated rings. The van der Waals surface area contributed by atoms with Crippen LogP contribution < -0.4 is 16.6 Å². The molecule has 1 aromatic rings. The summed E-state index contributed by atoms with van der Waals surface area (Å²) < 4.78 is 2.77. The molecule has 5 heteroatoms. The Labute approximate surface area is 93.7 Å². The molecule has 1 aliphatic heterocycles. The van der Waals surface area contributed by atoms with Crippen LogP contribution in [-0.4, -0.2) is 22.2 Å². The lowest BCUT2D eigenvalue weighted by atomic mass is 10.00. The molecule has 0 radical (unpaired) electrons. The first kappa shape index (κ1) is 11.1. The minimum atomic E-state index is -0.224. The van der Waals surface area contributed by atoms with Crippen LogP contribution in [0.3, 0.4) is 0 Å². The second-order valence-electron chi connectivity index (χ2n) is 4.37. The van der Waals surface area contributed by atoms with Gasteiger partial charge in [0.25, 0.3) is 5.56 Å². The van der Waals surface area contributed by atoms with Crippen molar-refractivity contribution >= 4 is 0 Å². The maximum atomic E-state index is 11.8. The average molecular weight is 223 g/mol. The largest absolute Gasteiger partial charge is 0.330 e. The lowest BCUT2D eigenvalue weighted by Crippen LogP contribution is -2.42. The number of nitrogens with zero attached hydrogens (tertiary/aromatic N) is 2. The first-order valence-electron chi connectivity index (χ1n) is 5.65. The van der Waals surface area contributed by atoms with Crippen LogP contribution in [0.15, 0.2) is 21.9 Å². The molecular weight excluding hydrogens is 206 g/mol. The number of rotatable bonds is 2. The first-order valence-corrected chi connectivity index (χ1v) is 5.65. The van der Waals surface area contributed by atoms with Crippen molar-refractivity contribution in [1.82, 2.24) is 14.5 Å². The van der Waals surface area contributed by atoms with Crippen LogP contribution in [0.25, 0.3) is 0 Å². The third-order valence-corrected chi connectivity index (χ3v) is 3.08. The summed E-state index contributed by atoms with van der Waals surface area (Å²) in [6.45, 7) is 2.46. The van der Waals surface area contributed by atoms with Crippen molar-refractivity contribution in [1.29, 1.82) is 0 Å². The van der Waals surface area contributed by atoms with Crippen LogP contribution in [0.4, 0.5) is 0 Å². The van der Waals surface area contributed by atoms with Crippen LogP contribution in [0.1, 0.15) is 12.8 Å². The number of hydrogen-bond acceptors (Lipinski definition) is 3. The van der Waals surface area contributed by atoms with Crippen molar-refractivity contribution in [3.05, 3.63) is 33.1 Å². The zero-order chi connectivity index (χ0) is 11.5. The molecule has 2 rings (SSSR count). The quantitative estimate of drug-likeness (QED) is 0.738. The van der Waals surface area contributed by atoms with Gasteiger partial charge < -0.3 is 9.88 Å². The molecule has 0 aromatic carbocycles. The van der Waals surface area contributed by atoms with E-state index in [1.807, 2.05) is 0 Å². The molecular formula is C11H17N3O2. The third kappa shape index (κ3) is 2.24. The lowest BCUT2D eigenvalue weighted by molar-refractivity contribution is 0.326. The Morgan fingerprint density at radius 2 is 2.31 bits per heavy atom. The summed E-state index contributed by atoms with van der Waals surface area (Å²) in [5.74, 6) is 0.390. The summed E-state index contributed by atoms with van der Waals surface area (Å²) in [7, 11) is 1.66. The average Bonchev–Trinajstić information content (AvgIpc) is 2.31. The minimum Gasteiger partial charge on any atom is -0.316 e. The number of piperidine rings is 1. The van der Waals surface area contributed by atoms with Gasteiger partial charge in [0.2, 0.25) is 0 Å². The van der Waals surface area contributed by atoms with Gasteiger partial charge >= 0.3 is 5.69 Å². The van der Waals surface area contributed by atoms with Crippen molar-refractivity contribution in [2.24, 2.45) is 13.0 Å². The van der Waals surface area contributed by atoms with Crippen molar-refractivity contribution < 1.29 is 0 Å². The highest BCUT2D eigenvalue weighted by molar-refractivity contribution is 4.86. The standard InChI is InChI=1S/C11H17N3O2/c1-13-6-4-10(15)14(11(13)16)8-9-3-2-5-12-7-9/h4,6,9,12H,2-3,5,7-8H2,1H3. The van der Waals surface area contributed by atoms with Gasteiger partial charge in [-0.3, -0.25) is 9.36 Å². The molecule has 0 saturated carbocycles. The Morgan fingerprint density at radius 1 is 1.50 bits per heavy atom. The van der Waals surface area contributed by atoms with E-state index in [2.05, 4.69) is 5.32 Å². The van der Waals surface area contributed by atoms with Gasteiger partial charge in [0.1, 0.15) is 0 Å². The Morgan fingerprint density at radius 3 is 3.00 bits per heavy atom. The smallest absolute Gasteiger partial charge is 0.316 e. The van der Waals surface area contributed by atoms with Crippen molar-refractivity contribution in [3.63, 3.8) is 0 Å². The fourth-order valence-corrected chi connectivity index (χ4v) is 2.12. The van der Waals surface area contributed by atoms with Gasteiger partial charge in [-0.25, -0.2) is 4.79 Å². The van der Waals surface area contributed by atoms with E-state index in [4.69, 9.17) is 0 Å². The predicted molar refractivity (Wildman–Crippen MR) is 61.5 cm³/mol. The fourth-order valence-electron chi connectivity index (χ4n) is 2.12. The molecule has 1 aliphatic rings. The van der Waals surface area contributed by atoms with E-state index in [0.717, 1.165) is 25.9 Å². The normalized spacial score (nSPS) is 20.9. The number of aromatic nitrogens is 2. The minimum absolute atomic E-state index is 0.200. The van der Waals surface area contributed by atoms with E-state index < -0.39 is 0 Å². The van der Waals surface area contributed by atoms with Crippen LogP contribution >= 0.6 is 0 Å². The van der Waals surface area contributed by atoms with Gasteiger partial charge in [-0.2, -0.15) is 0 Å². The van der Waals surface area contributed by atoms with Crippen LogP contribution in [0.2, 0.25) is 0 Å². The molecule has 1 atom stereocenters. The van der Waals surface area contributed by atoms with E-state index in [0.29, 0.717) is 12.5 Å². The van der Waals surface area contributed by atoms with E-state index in [1.165, 1.54) is 21.4 Å². The number of nitrogens with one attached hydrogen (secondary N) is 1.